The van der Waals surface area contributed by atoms with Crippen molar-refractivity contribution in [3.63, 3.8) is 0 Å². The van der Waals surface area contributed by atoms with Gasteiger partial charge in [-0.05, 0) is 19.9 Å². The summed E-state index contributed by atoms with van der Waals surface area (Å²) in [4.78, 5) is 17.7. The van der Waals surface area contributed by atoms with Crippen LogP contribution in [0.5, 0.6) is 5.88 Å². The summed E-state index contributed by atoms with van der Waals surface area (Å²) in [5, 5.41) is 7.62. The normalized spacial score (nSPS) is 23.9. The van der Waals surface area contributed by atoms with Crippen molar-refractivity contribution in [2.45, 2.75) is 50.6 Å². The number of hydrogen-bond donors (Lipinski definition) is 1. The standard InChI is InChI=1S/C19H31N5O2/c1-22-9-11-23(12-10-22)19(6-3-2-4-7-19)15-20-18(25)16-14-17-24(21-16)8-5-13-26-17/h14H,2-13,15H2,1H3,(H,20,25). The molecule has 0 spiro atoms. The van der Waals surface area contributed by atoms with Gasteiger partial charge >= 0.3 is 0 Å². The van der Waals surface area contributed by atoms with Crippen LogP contribution in [0.2, 0.25) is 0 Å². The second-order valence-electron chi connectivity index (χ2n) is 8.05. The summed E-state index contributed by atoms with van der Waals surface area (Å²) in [6.45, 7) is 6.67. The highest BCUT2D eigenvalue weighted by atomic mass is 16.5. The van der Waals surface area contributed by atoms with E-state index in [1.807, 2.05) is 0 Å². The lowest BCUT2D eigenvalue weighted by atomic mass is 9.79. The average molecular weight is 361 g/mol. The van der Waals surface area contributed by atoms with Gasteiger partial charge in [0, 0.05) is 57.3 Å². The zero-order valence-electron chi connectivity index (χ0n) is 15.9. The smallest absolute Gasteiger partial charge is 0.271 e. The number of carbonyl (C=O) groups is 1. The molecular weight excluding hydrogens is 330 g/mol. The summed E-state index contributed by atoms with van der Waals surface area (Å²) in [6.07, 6.45) is 7.14. The first-order valence-corrected chi connectivity index (χ1v) is 10.1. The number of ether oxygens (including phenoxy) is 1. The molecule has 1 aromatic heterocycles. The van der Waals surface area contributed by atoms with Crippen molar-refractivity contribution < 1.29 is 9.53 Å². The SMILES string of the molecule is CN1CCN(C2(CNC(=O)c3cc4n(n3)CCCO4)CCCCC2)CC1. The fourth-order valence-corrected chi connectivity index (χ4v) is 4.61. The Hall–Kier alpha value is -1.60. The van der Waals surface area contributed by atoms with E-state index in [0.29, 0.717) is 18.2 Å². The Kier molecular flexibility index (Phi) is 5.18. The van der Waals surface area contributed by atoms with E-state index >= 15 is 0 Å². The Bertz CT molecular complexity index is 606. The summed E-state index contributed by atoms with van der Waals surface area (Å²) < 4.78 is 7.38. The topological polar surface area (TPSA) is 62.6 Å². The third kappa shape index (κ3) is 3.60. The van der Waals surface area contributed by atoms with Gasteiger partial charge in [0.2, 0.25) is 5.88 Å². The maximum atomic E-state index is 12.7. The molecule has 1 aromatic rings. The van der Waals surface area contributed by atoms with Gasteiger partial charge in [0.1, 0.15) is 0 Å². The van der Waals surface area contributed by atoms with Crippen LogP contribution in [-0.2, 0) is 6.54 Å². The monoisotopic (exact) mass is 361 g/mol. The molecule has 1 saturated heterocycles. The third-order valence-electron chi connectivity index (χ3n) is 6.28. The van der Waals surface area contributed by atoms with Crippen molar-refractivity contribution in [2.24, 2.45) is 0 Å². The molecule has 0 aromatic carbocycles. The fraction of sp³-hybridized carbons (Fsp3) is 0.789. The lowest BCUT2D eigenvalue weighted by Crippen LogP contribution is -2.61. The zero-order valence-corrected chi connectivity index (χ0v) is 15.9. The van der Waals surface area contributed by atoms with Gasteiger partial charge in [0.15, 0.2) is 5.69 Å². The molecule has 1 amide bonds. The summed E-state index contributed by atoms with van der Waals surface area (Å²) >= 11 is 0. The van der Waals surface area contributed by atoms with E-state index in [2.05, 4.69) is 27.3 Å². The number of fused-ring (bicyclic) bond motifs is 1. The van der Waals surface area contributed by atoms with Crippen LogP contribution in [0, 0.1) is 0 Å². The highest BCUT2D eigenvalue weighted by Crippen LogP contribution is 2.34. The van der Waals surface area contributed by atoms with Crippen molar-refractivity contribution >= 4 is 5.91 Å². The summed E-state index contributed by atoms with van der Waals surface area (Å²) in [5.41, 5.74) is 0.594. The van der Waals surface area contributed by atoms with Crippen LogP contribution in [0.3, 0.4) is 0 Å². The highest BCUT2D eigenvalue weighted by Gasteiger charge is 2.39. The average Bonchev–Trinajstić information content (AvgIpc) is 3.12. The van der Waals surface area contributed by atoms with Crippen LogP contribution in [-0.4, -0.2) is 77.4 Å². The van der Waals surface area contributed by atoms with E-state index in [1.165, 1.54) is 32.1 Å². The number of aromatic nitrogens is 2. The highest BCUT2D eigenvalue weighted by molar-refractivity contribution is 5.92. The maximum absolute atomic E-state index is 12.7. The van der Waals surface area contributed by atoms with Crippen LogP contribution >= 0.6 is 0 Å². The molecule has 144 valence electrons. The molecule has 0 radical (unpaired) electrons. The number of piperazine rings is 1. The molecule has 7 nitrogen and oxygen atoms in total. The lowest BCUT2D eigenvalue weighted by molar-refractivity contribution is 0.0138. The van der Waals surface area contributed by atoms with Crippen molar-refractivity contribution in [3.05, 3.63) is 11.8 Å². The first-order valence-electron chi connectivity index (χ1n) is 10.1. The minimum atomic E-state index is -0.0745. The number of hydrogen-bond acceptors (Lipinski definition) is 5. The number of rotatable bonds is 4. The van der Waals surface area contributed by atoms with E-state index in [9.17, 15) is 4.79 Å². The van der Waals surface area contributed by atoms with Crippen LogP contribution in [0.4, 0.5) is 0 Å². The second-order valence-corrected chi connectivity index (χ2v) is 8.05. The van der Waals surface area contributed by atoms with Crippen molar-refractivity contribution in [2.75, 3.05) is 46.4 Å². The maximum Gasteiger partial charge on any atom is 0.271 e. The summed E-state index contributed by atoms with van der Waals surface area (Å²) in [5.74, 6) is 0.641. The van der Waals surface area contributed by atoms with Crippen LogP contribution in [0.1, 0.15) is 49.0 Å². The number of likely N-dealkylation sites (N-methyl/N-ethyl adjacent to an activating group) is 1. The van der Waals surface area contributed by atoms with E-state index in [1.54, 1.807) is 10.7 Å². The molecule has 1 saturated carbocycles. The first kappa shape index (κ1) is 17.8. The van der Waals surface area contributed by atoms with Gasteiger partial charge in [-0.3, -0.25) is 9.69 Å². The third-order valence-corrected chi connectivity index (χ3v) is 6.28. The van der Waals surface area contributed by atoms with E-state index in [4.69, 9.17) is 4.74 Å². The minimum Gasteiger partial charge on any atom is -0.478 e. The van der Waals surface area contributed by atoms with Gasteiger partial charge in [-0.25, -0.2) is 4.68 Å². The van der Waals surface area contributed by atoms with Crippen LogP contribution < -0.4 is 10.1 Å². The molecule has 3 aliphatic rings. The Morgan fingerprint density at radius 3 is 2.65 bits per heavy atom. The Balaban J connectivity index is 1.42. The minimum absolute atomic E-state index is 0.0745. The summed E-state index contributed by atoms with van der Waals surface area (Å²) in [7, 11) is 2.19. The van der Waals surface area contributed by atoms with Crippen molar-refractivity contribution in [1.82, 2.24) is 24.9 Å². The van der Waals surface area contributed by atoms with Gasteiger partial charge in [-0.1, -0.05) is 19.3 Å². The number of nitrogens with zero attached hydrogens (tertiary/aromatic N) is 4. The van der Waals surface area contributed by atoms with Gasteiger partial charge in [-0.15, -0.1) is 0 Å². The largest absolute Gasteiger partial charge is 0.478 e. The molecule has 0 unspecified atom stereocenters. The van der Waals surface area contributed by atoms with E-state index in [0.717, 1.165) is 45.7 Å². The van der Waals surface area contributed by atoms with Crippen molar-refractivity contribution in [1.29, 1.82) is 0 Å². The summed E-state index contributed by atoms with van der Waals surface area (Å²) in [6, 6.07) is 1.78. The Morgan fingerprint density at radius 2 is 1.92 bits per heavy atom. The molecule has 2 fully saturated rings. The Morgan fingerprint density at radius 1 is 1.15 bits per heavy atom. The zero-order chi connectivity index (χ0) is 18.0. The molecule has 2 aliphatic heterocycles. The molecule has 4 rings (SSSR count). The fourth-order valence-electron chi connectivity index (χ4n) is 4.61. The Labute approximate surface area is 155 Å². The van der Waals surface area contributed by atoms with Gasteiger partial charge in [0.05, 0.1) is 6.61 Å². The molecule has 7 heteroatoms. The van der Waals surface area contributed by atoms with Gasteiger partial charge < -0.3 is 15.0 Å². The lowest BCUT2D eigenvalue weighted by Gasteiger charge is -2.49. The number of aryl methyl sites for hydroxylation is 1. The quantitative estimate of drug-likeness (QED) is 0.877. The van der Waals surface area contributed by atoms with Gasteiger partial charge in [-0.2, -0.15) is 5.10 Å². The number of amides is 1. The molecule has 1 aliphatic carbocycles. The van der Waals surface area contributed by atoms with Crippen LogP contribution in [0.25, 0.3) is 0 Å². The van der Waals surface area contributed by atoms with E-state index in [-0.39, 0.29) is 11.4 Å². The predicted octanol–water partition coefficient (Wildman–Crippen LogP) is 1.35. The van der Waals surface area contributed by atoms with Crippen molar-refractivity contribution in [3.8, 4) is 5.88 Å². The first-order chi connectivity index (χ1) is 12.7. The molecule has 1 N–H and O–H groups in total. The molecule has 0 bridgehead atoms. The van der Waals surface area contributed by atoms with E-state index < -0.39 is 0 Å². The second kappa shape index (κ2) is 7.56. The number of carbonyl (C=O) groups excluding carboxylic acids is 1. The van der Waals surface area contributed by atoms with Crippen LogP contribution in [0.15, 0.2) is 6.07 Å². The number of nitrogens with one attached hydrogen (secondary N) is 1. The molecular formula is C19H31N5O2. The molecule has 0 atom stereocenters. The van der Waals surface area contributed by atoms with Gasteiger partial charge in [0.25, 0.3) is 5.91 Å². The predicted molar refractivity (Wildman–Crippen MR) is 99.6 cm³/mol. The molecule has 3 heterocycles. The molecule has 26 heavy (non-hydrogen) atoms.